The number of hydrogen-bond donors (Lipinski definition) is 1. The lowest BCUT2D eigenvalue weighted by molar-refractivity contribution is -0.154. The second-order valence-corrected chi connectivity index (χ2v) is 4.27. The summed E-state index contributed by atoms with van der Waals surface area (Å²) in [5, 5.41) is 6.40. The van der Waals surface area contributed by atoms with Crippen molar-refractivity contribution in [3.8, 4) is 11.3 Å². The van der Waals surface area contributed by atoms with E-state index in [1.165, 1.54) is 0 Å². The van der Waals surface area contributed by atoms with E-state index < -0.39 is 11.9 Å². The number of amides is 1. The maximum Gasteiger partial charge on any atom is 0.396 e. The van der Waals surface area contributed by atoms with Gasteiger partial charge in [0, 0.05) is 24.6 Å². The summed E-state index contributed by atoms with van der Waals surface area (Å²) in [7, 11) is 0. The van der Waals surface area contributed by atoms with Crippen LogP contribution in [0.1, 0.15) is 12.6 Å². The van der Waals surface area contributed by atoms with E-state index in [2.05, 4.69) is 15.2 Å². The number of ether oxygens (including phenoxy) is 1. The Balaban J connectivity index is 1.84. The summed E-state index contributed by atoms with van der Waals surface area (Å²) in [6.45, 7) is 2.11. The zero-order valence-corrected chi connectivity index (χ0v) is 11.7. The van der Waals surface area contributed by atoms with Gasteiger partial charge in [0.15, 0.2) is 5.76 Å². The molecule has 0 saturated heterocycles. The molecule has 0 unspecified atom stereocenters. The number of hydrogen-bond acceptors (Lipinski definition) is 5. The molecule has 1 aromatic carbocycles. The van der Waals surface area contributed by atoms with Crippen LogP contribution in [0.5, 0.6) is 0 Å². The Bertz CT molecular complexity index is 607. The molecule has 6 heteroatoms. The lowest BCUT2D eigenvalue weighted by Crippen LogP contribution is -2.33. The molecule has 1 heterocycles. The third kappa shape index (κ3) is 4.17. The minimum atomic E-state index is -0.873. The molecule has 0 aliphatic carbocycles. The normalized spacial score (nSPS) is 10.1. The first-order valence-corrected chi connectivity index (χ1v) is 6.66. The monoisotopic (exact) mass is 288 g/mol. The maximum atomic E-state index is 11.3. The Morgan fingerprint density at radius 1 is 1.29 bits per heavy atom. The summed E-state index contributed by atoms with van der Waals surface area (Å²) in [6.07, 6.45) is 0.474. The number of nitrogens with one attached hydrogen (secondary N) is 1. The summed E-state index contributed by atoms with van der Waals surface area (Å²) in [4.78, 5) is 22.4. The van der Waals surface area contributed by atoms with E-state index in [-0.39, 0.29) is 6.61 Å². The fourth-order valence-corrected chi connectivity index (χ4v) is 1.74. The molecule has 0 bridgehead atoms. The van der Waals surface area contributed by atoms with Crippen molar-refractivity contribution in [2.24, 2.45) is 0 Å². The summed E-state index contributed by atoms with van der Waals surface area (Å²) in [6, 6.07) is 11.4. The quantitative estimate of drug-likeness (QED) is 0.667. The van der Waals surface area contributed by atoms with Crippen LogP contribution in [0.3, 0.4) is 0 Å². The molecule has 0 aliphatic rings. The lowest BCUT2D eigenvalue weighted by atomic mass is 10.1. The summed E-state index contributed by atoms with van der Waals surface area (Å²) in [5.74, 6) is -0.950. The molecule has 1 aromatic heterocycles. The topological polar surface area (TPSA) is 81.4 Å². The number of esters is 1. The number of carbonyl (C=O) groups excluding carboxylic acids is 2. The van der Waals surface area contributed by atoms with Crippen LogP contribution in [0.2, 0.25) is 0 Å². The van der Waals surface area contributed by atoms with Gasteiger partial charge in [-0.15, -0.1) is 0 Å². The first kappa shape index (κ1) is 14.8. The van der Waals surface area contributed by atoms with Crippen molar-refractivity contribution in [1.29, 1.82) is 0 Å². The highest BCUT2D eigenvalue weighted by molar-refractivity contribution is 6.32. The second kappa shape index (κ2) is 7.23. The van der Waals surface area contributed by atoms with E-state index in [0.717, 1.165) is 5.56 Å². The summed E-state index contributed by atoms with van der Waals surface area (Å²) in [5.41, 5.74) is 1.64. The van der Waals surface area contributed by atoms with Gasteiger partial charge < -0.3 is 14.6 Å². The van der Waals surface area contributed by atoms with Gasteiger partial charge in [0.2, 0.25) is 0 Å². The molecule has 2 rings (SSSR count). The zero-order chi connectivity index (χ0) is 15.1. The minimum Gasteiger partial charge on any atom is -0.459 e. The van der Waals surface area contributed by atoms with Crippen LogP contribution in [0.4, 0.5) is 0 Å². The van der Waals surface area contributed by atoms with E-state index in [9.17, 15) is 9.59 Å². The van der Waals surface area contributed by atoms with E-state index in [1.54, 1.807) is 6.92 Å². The first-order valence-electron chi connectivity index (χ1n) is 6.66. The van der Waals surface area contributed by atoms with Crippen molar-refractivity contribution in [2.45, 2.75) is 13.3 Å². The number of carbonyl (C=O) groups is 2. The molecule has 0 aliphatic heterocycles. The fraction of sp³-hybridized carbons (Fsp3) is 0.267. The van der Waals surface area contributed by atoms with Gasteiger partial charge in [-0.3, -0.25) is 4.79 Å². The molecule has 21 heavy (non-hydrogen) atoms. The molecule has 0 spiro atoms. The first-order chi connectivity index (χ1) is 10.2. The predicted octanol–water partition coefficient (Wildman–Crippen LogP) is 1.56. The highest BCUT2D eigenvalue weighted by atomic mass is 16.5. The second-order valence-electron chi connectivity index (χ2n) is 4.27. The standard InChI is InChI=1S/C15H16N2O4/c1-2-20-15(19)14(18)16-9-8-12-10-13(21-17-12)11-6-4-3-5-7-11/h3-7,10H,2,8-9H2,1H3,(H,16,18). The zero-order valence-electron chi connectivity index (χ0n) is 11.7. The van der Waals surface area contributed by atoms with Gasteiger partial charge in [0.05, 0.1) is 12.3 Å². The molecule has 0 saturated carbocycles. The highest BCUT2D eigenvalue weighted by Crippen LogP contribution is 2.19. The van der Waals surface area contributed by atoms with Gasteiger partial charge in [0.25, 0.3) is 0 Å². The van der Waals surface area contributed by atoms with Gasteiger partial charge in [-0.2, -0.15) is 0 Å². The lowest BCUT2D eigenvalue weighted by Gasteiger charge is -2.02. The molecule has 1 N–H and O–H groups in total. The molecule has 1 amide bonds. The van der Waals surface area contributed by atoms with Crippen molar-refractivity contribution < 1.29 is 18.8 Å². The number of nitrogens with zero attached hydrogens (tertiary/aromatic N) is 1. The summed E-state index contributed by atoms with van der Waals surface area (Å²) < 4.78 is 9.82. The Morgan fingerprint density at radius 3 is 2.76 bits per heavy atom. The van der Waals surface area contributed by atoms with Gasteiger partial charge in [-0.1, -0.05) is 35.5 Å². The van der Waals surface area contributed by atoms with Crippen LogP contribution in [0.25, 0.3) is 11.3 Å². The van der Waals surface area contributed by atoms with Gasteiger partial charge in [-0.05, 0) is 6.92 Å². The summed E-state index contributed by atoms with van der Waals surface area (Å²) >= 11 is 0. The van der Waals surface area contributed by atoms with Crippen molar-refractivity contribution in [3.63, 3.8) is 0 Å². The molecular weight excluding hydrogens is 272 g/mol. The number of aromatic nitrogens is 1. The number of benzene rings is 1. The third-order valence-corrected chi connectivity index (χ3v) is 2.74. The number of rotatable bonds is 5. The molecule has 0 radical (unpaired) electrons. The molecule has 0 fully saturated rings. The third-order valence-electron chi connectivity index (χ3n) is 2.74. The van der Waals surface area contributed by atoms with Crippen molar-refractivity contribution in [2.75, 3.05) is 13.2 Å². The average molecular weight is 288 g/mol. The van der Waals surface area contributed by atoms with Crippen LogP contribution < -0.4 is 5.32 Å². The Labute approximate surface area is 122 Å². The van der Waals surface area contributed by atoms with E-state index >= 15 is 0 Å². The Morgan fingerprint density at radius 2 is 2.05 bits per heavy atom. The van der Waals surface area contributed by atoms with E-state index in [4.69, 9.17) is 4.52 Å². The van der Waals surface area contributed by atoms with Gasteiger partial charge in [0.1, 0.15) is 0 Å². The average Bonchev–Trinajstić information content (AvgIpc) is 2.97. The molecule has 6 nitrogen and oxygen atoms in total. The van der Waals surface area contributed by atoms with E-state index in [1.807, 2.05) is 36.4 Å². The van der Waals surface area contributed by atoms with Crippen molar-refractivity contribution in [1.82, 2.24) is 10.5 Å². The largest absolute Gasteiger partial charge is 0.459 e. The smallest absolute Gasteiger partial charge is 0.396 e. The van der Waals surface area contributed by atoms with Gasteiger partial charge in [-0.25, -0.2) is 4.79 Å². The Hall–Kier alpha value is -2.63. The van der Waals surface area contributed by atoms with Crippen LogP contribution in [-0.2, 0) is 20.7 Å². The Kier molecular flexibility index (Phi) is 5.09. The molecular formula is C15H16N2O4. The SMILES string of the molecule is CCOC(=O)C(=O)NCCc1cc(-c2ccccc2)on1. The van der Waals surface area contributed by atoms with Crippen LogP contribution in [0, 0.1) is 0 Å². The van der Waals surface area contributed by atoms with Gasteiger partial charge >= 0.3 is 11.9 Å². The molecule has 2 aromatic rings. The highest BCUT2D eigenvalue weighted by Gasteiger charge is 2.14. The van der Waals surface area contributed by atoms with E-state index in [0.29, 0.717) is 24.4 Å². The fourth-order valence-electron chi connectivity index (χ4n) is 1.74. The van der Waals surface area contributed by atoms with Crippen LogP contribution in [-0.4, -0.2) is 30.2 Å². The minimum absolute atomic E-state index is 0.177. The maximum absolute atomic E-state index is 11.3. The van der Waals surface area contributed by atoms with Crippen LogP contribution in [0.15, 0.2) is 40.9 Å². The van der Waals surface area contributed by atoms with Crippen molar-refractivity contribution in [3.05, 3.63) is 42.1 Å². The van der Waals surface area contributed by atoms with Crippen molar-refractivity contribution >= 4 is 11.9 Å². The molecule has 0 atom stereocenters. The molecule has 110 valence electrons. The van der Waals surface area contributed by atoms with Crippen LogP contribution >= 0.6 is 0 Å². The predicted molar refractivity (Wildman–Crippen MR) is 75.3 cm³/mol.